The lowest BCUT2D eigenvalue weighted by molar-refractivity contribution is -0.119. The molecule has 0 radical (unpaired) electrons. The number of para-hydroxylation sites is 1. The van der Waals surface area contributed by atoms with Crippen LogP contribution in [-0.4, -0.2) is 35.7 Å². The molecule has 0 spiro atoms. The van der Waals surface area contributed by atoms with E-state index < -0.39 is 5.97 Å². The number of aromatic nitrogens is 1. The van der Waals surface area contributed by atoms with Crippen LogP contribution in [0.5, 0.6) is 0 Å². The van der Waals surface area contributed by atoms with E-state index in [1.165, 1.54) is 7.11 Å². The van der Waals surface area contributed by atoms with Gasteiger partial charge in [0.25, 0.3) is 0 Å². The van der Waals surface area contributed by atoms with E-state index >= 15 is 0 Å². The Hall–Kier alpha value is -2.25. The van der Waals surface area contributed by atoms with Crippen LogP contribution < -0.4 is 5.32 Å². The molecule has 0 bridgehead atoms. The van der Waals surface area contributed by atoms with Crippen molar-refractivity contribution >= 4 is 28.9 Å². The van der Waals surface area contributed by atoms with Crippen LogP contribution in [-0.2, 0) is 9.53 Å². The monoisotopic (exact) mass is 306 g/mol. The topological polar surface area (TPSA) is 88.5 Å². The average molecular weight is 306 g/mol. The first-order chi connectivity index (χ1) is 10.0. The highest BCUT2D eigenvalue weighted by molar-refractivity contribution is 7.17. The van der Waals surface area contributed by atoms with Gasteiger partial charge in [-0.05, 0) is 19.1 Å². The van der Waals surface area contributed by atoms with Crippen LogP contribution in [0.2, 0.25) is 0 Å². The number of carboxylic acid groups (broad SMARTS) is 1. The summed E-state index contributed by atoms with van der Waals surface area (Å²) in [5.41, 5.74) is 1.72. The molecule has 6 nitrogen and oxygen atoms in total. The first kappa shape index (κ1) is 15.1. The lowest BCUT2D eigenvalue weighted by Gasteiger charge is -2.08. The molecule has 1 aromatic carbocycles. The Bertz CT molecular complexity index is 681. The van der Waals surface area contributed by atoms with Crippen molar-refractivity contribution < 1.29 is 19.4 Å². The van der Waals surface area contributed by atoms with E-state index in [0.29, 0.717) is 22.0 Å². The van der Waals surface area contributed by atoms with Gasteiger partial charge in [0, 0.05) is 12.7 Å². The SMILES string of the molecule is COCC(=O)Nc1ccccc1-c1nc(C)c(C(=O)O)s1. The second-order valence-electron chi connectivity index (χ2n) is 4.27. The Morgan fingerprint density at radius 2 is 2.10 bits per heavy atom. The Kier molecular flexibility index (Phi) is 4.66. The number of aryl methyl sites for hydroxylation is 1. The van der Waals surface area contributed by atoms with Gasteiger partial charge in [-0.3, -0.25) is 4.79 Å². The van der Waals surface area contributed by atoms with Gasteiger partial charge in [0.1, 0.15) is 16.5 Å². The van der Waals surface area contributed by atoms with Crippen molar-refractivity contribution in [3.8, 4) is 10.6 Å². The molecule has 0 saturated carbocycles. The molecule has 0 unspecified atom stereocenters. The van der Waals surface area contributed by atoms with E-state index in [0.717, 1.165) is 11.3 Å². The number of nitrogens with one attached hydrogen (secondary N) is 1. The van der Waals surface area contributed by atoms with Crippen molar-refractivity contribution in [3.05, 3.63) is 34.8 Å². The summed E-state index contributed by atoms with van der Waals surface area (Å²) in [5.74, 6) is -1.28. The van der Waals surface area contributed by atoms with Crippen molar-refractivity contribution in [1.82, 2.24) is 4.98 Å². The number of anilines is 1. The normalized spacial score (nSPS) is 10.4. The highest BCUT2D eigenvalue weighted by Gasteiger charge is 2.17. The molecular formula is C14H14N2O4S. The zero-order valence-corrected chi connectivity index (χ0v) is 12.4. The van der Waals surface area contributed by atoms with Gasteiger partial charge in [0.15, 0.2) is 0 Å². The molecule has 0 saturated heterocycles. The number of hydrogen-bond donors (Lipinski definition) is 2. The number of ether oxygens (including phenoxy) is 1. The number of rotatable bonds is 5. The maximum atomic E-state index is 11.6. The fourth-order valence-corrected chi connectivity index (χ4v) is 2.75. The number of thiazole rings is 1. The summed E-state index contributed by atoms with van der Waals surface area (Å²) in [6.07, 6.45) is 0. The van der Waals surface area contributed by atoms with Crippen molar-refractivity contribution in [2.45, 2.75) is 6.92 Å². The van der Waals surface area contributed by atoms with Crippen molar-refractivity contribution in [1.29, 1.82) is 0 Å². The molecule has 1 amide bonds. The number of benzene rings is 1. The molecule has 0 aliphatic rings. The minimum Gasteiger partial charge on any atom is -0.477 e. The Balaban J connectivity index is 2.38. The van der Waals surface area contributed by atoms with Crippen LogP contribution in [0.25, 0.3) is 10.6 Å². The number of nitrogens with zero attached hydrogens (tertiary/aromatic N) is 1. The molecule has 0 aliphatic carbocycles. The van der Waals surface area contributed by atoms with Gasteiger partial charge in [-0.25, -0.2) is 9.78 Å². The molecule has 0 fully saturated rings. The van der Waals surface area contributed by atoms with Gasteiger partial charge in [-0.15, -0.1) is 11.3 Å². The number of amides is 1. The first-order valence-corrected chi connectivity index (χ1v) is 6.93. The molecule has 7 heteroatoms. The Labute approximate surface area is 125 Å². The van der Waals surface area contributed by atoms with Gasteiger partial charge in [-0.1, -0.05) is 12.1 Å². The molecular weight excluding hydrogens is 292 g/mol. The number of aromatic carboxylic acids is 1. The van der Waals surface area contributed by atoms with Crippen LogP contribution in [0, 0.1) is 6.92 Å². The lowest BCUT2D eigenvalue weighted by atomic mass is 10.2. The third-order valence-corrected chi connectivity index (χ3v) is 3.88. The van der Waals surface area contributed by atoms with Crippen LogP contribution in [0.1, 0.15) is 15.4 Å². The minimum absolute atomic E-state index is 0.0500. The molecule has 0 aliphatic heterocycles. The van der Waals surface area contributed by atoms with E-state index in [9.17, 15) is 9.59 Å². The van der Waals surface area contributed by atoms with E-state index in [2.05, 4.69) is 10.3 Å². The summed E-state index contributed by atoms with van der Waals surface area (Å²) in [6.45, 7) is 1.60. The standard InChI is InChI=1S/C14H14N2O4S/c1-8-12(14(18)19)21-13(15-8)9-5-3-4-6-10(9)16-11(17)7-20-2/h3-6H,7H2,1-2H3,(H,16,17)(H,18,19). The number of hydrogen-bond acceptors (Lipinski definition) is 5. The predicted octanol–water partition coefficient (Wildman–Crippen LogP) is 2.40. The van der Waals surface area contributed by atoms with E-state index in [1.807, 2.05) is 0 Å². The summed E-state index contributed by atoms with van der Waals surface area (Å²) in [5, 5.41) is 12.4. The zero-order chi connectivity index (χ0) is 15.4. The molecule has 0 atom stereocenters. The van der Waals surface area contributed by atoms with Crippen LogP contribution in [0.3, 0.4) is 0 Å². The third-order valence-electron chi connectivity index (χ3n) is 2.70. The van der Waals surface area contributed by atoms with E-state index in [-0.39, 0.29) is 17.4 Å². The summed E-state index contributed by atoms with van der Waals surface area (Å²) in [4.78, 5) is 27.2. The number of carbonyl (C=O) groups is 2. The summed E-state index contributed by atoms with van der Waals surface area (Å²) in [7, 11) is 1.44. The largest absolute Gasteiger partial charge is 0.477 e. The third kappa shape index (κ3) is 3.45. The molecule has 2 aromatic rings. The van der Waals surface area contributed by atoms with Crippen molar-refractivity contribution in [2.24, 2.45) is 0 Å². The quantitative estimate of drug-likeness (QED) is 0.885. The van der Waals surface area contributed by atoms with Gasteiger partial charge >= 0.3 is 5.97 Å². The van der Waals surface area contributed by atoms with Crippen molar-refractivity contribution in [3.63, 3.8) is 0 Å². The Morgan fingerprint density at radius 3 is 2.71 bits per heavy atom. The highest BCUT2D eigenvalue weighted by atomic mass is 32.1. The first-order valence-electron chi connectivity index (χ1n) is 6.12. The predicted molar refractivity (Wildman–Crippen MR) is 79.8 cm³/mol. The van der Waals surface area contributed by atoms with E-state index in [4.69, 9.17) is 9.84 Å². The number of carbonyl (C=O) groups excluding carboxylic acids is 1. The van der Waals surface area contributed by atoms with E-state index in [1.54, 1.807) is 31.2 Å². The lowest BCUT2D eigenvalue weighted by Crippen LogP contribution is -2.17. The van der Waals surface area contributed by atoms with Crippen LogP contribution >= 0.6 is 11.3 Å². The Morgan fingerprint density at radius 1 is 1.38 bits per heavy atom. The molecule has 2 N–H and O–H groups in total. The van der Waals surface area contributed by atoms with Gasteiger partial charge in [0.2, 0.25) is 5.91 Å². The fraction of sp³-hybridized carbons (Fsp3) is 0.214. The number of methoxy groups -OCH3 is 1. The molecule has 1 aromatic heterocycles. The van der Waals surface area contributed by atoms with Crippen LogP contribution in [0.15, 0.2) is 24.3 Å². The average Bonchev–Trinajstić information content (AvgIpc) is 2.81. The molecule has 21 heavy (non-hydrogen) atoms. The fourth-order valence-electron chi connectivity index (χ4n) is 1.81. The summed E-state index contributed by atoms with van der Waals surface area (Å²) in [6, 6.07) is 7.11. The maximum absolute atomic E-state index is 11.6. The highest BCUT2D eigenvalue weighted by Crippen LogP contribution is 2.33. The number of carboxylic acids is 1. The van der Waals surface area contributed by atoms with Gasteiger partial charge < -0.3 is 15.2 Å². The zero-order valence-electron chi connectivity index (χ0n) is 11.5. The summed E-state index contributed by atoms with van der Waals surface area (Å²) < 4.78 is 4.77. The molecule has 1 heterocycles. The maximum Gasteiger partial charge on any atom is 0.347 e. The summed E-state index contributed by atoms with van der Waals surface area (Å²) >= 11 is 1.08. The van der Waals surface area contributed by atoms with Crippen molar-refractivity contribution in [2.75, 3.05) is 19.0 Å². The van der Waals surface area contributed by atoms with Gasteiger partial charge in [-0.2, -0.15) is 0 Å². The smallest absolute Gasteiger partial charge is 0.347 e. The van der Waals surface area contributed by atoms with Crippen LogP contribution in [0.4, 0.5) is 5.69 Å². The second-order valence-corrected chi connectivity index (χ2v) is 5.26. The second kappa shape index (κ2) is 6.47. The molecule has 2 rings (SSSR count). The molecule has 110 valence electrons. The van der Waals surface area contributed by atoms with Gasteiger partial charge in [0.05, 0.1) is 11.4 Å². The minimum atomic E-state index is -1.00.